The van der Waals surface area contributed by atoms with Gasteiger partial charge in [0.25, 0.3) is 0 Å². The van der Waals surface area contributed by atoms with Crippen molar-refractivity contribution in [2.45, 2.75) is 47.1 Å². The number of carboxylic acid groups (broad SMARTS) is 1. The van der Waals surface area contributed by atoms with Gasteiger partial charge in [0.15, 0.2) is 5.69 Å². The van der Waals surface area contributed by atoms with E-state index in [4.69, 9.17) is 0 Å². The molecule has 0 spiro atoms. The van der Waals surface area contributed by atoms with Crippen LogP contribution in [0.15, 0.2) is 0 Å². The fourth-order valence-corrected chi connectivity index (χ4v) is 2.27. The molecular formula is C14H24N4O3. The Morgan fingerprint density at radius 2 is 1.81 bits per heavy atom. The van der Waals surface area contributed by atoms with E-state index in [-0.39, 0.29) is 17.5 Å². The number of hydrogen-bond donors (Lipinski definition) is 1. The van der Waals surface area contributed by atoms with Gasteiger partial charge in [-0.05, 0) is 33.1 Å². The lowest BCUT2D eigenvalue weighted by molar-refractivity contribution is -0.134. The number of carbonyl (C=O) groups is 2. The smallest absolute Gasteiger partial charge is 0.358 e. The number of likely N-dealkylation sites (N-methyl/N-ethyl adjacent to an activating group) is 1. The zero-order valence-corrected chi connectivity index (χ0v) is 13.3. The lowest BCUT2D eigenvalue weighted by Crippen LogP contribution is -2.37. The number of nitrogens with zero attached hydrogens (tertiary/aromatic N) is 4. The zero-order chi connectivity index (χ0) is 16.2. The maximum absolute atomic E-state index is 12.4. The van der Waals surface area contributed by atoms with Crippen molar-refractivity contribution in [2.75, 3.05) is 13.1 Å². The topological polar surface area (TPSA) is 88.3 Å². The predicted octanol–water partition coefficient (Wildman–Crippen LogP) is 1.60. The fourth-order valence-electron chi connectivity index (χ4n) is 2.27. The van der Waals surface area contributed by atoms with Crippen LogP contribution in [0.2, 0.25) is 0 Å². The second kappa shape index (κ2) is 7.19. The van der Waals surface area contributed by atoms with Crippen LogP contribution in [0.3, 0.4) is 0 Å². The molecule has 1 aromatic rings. The maximum atomic E-state index is 12.4. The first-order chi connectivity index (χ1) is 9.83. The third-order valence-corrected chi connectivity index (χ3v) is 3.39. The Hall–Kier alpha value is -1.92. The van der Waals surface area contributed by atoms with Crippen molar-refractivity contribution in [3.63, 3.8) is 0 Å². The fraction of sp³-hybridized carbons (Fsp3) is 0.714. The summed E-state index contributed by atoms with van der Waals surface area (Å²) in [4.78, 5) is 25.4. The number of aromatic nitrogens is 3. The molecule has 0 fully saturated rings. The molecule has 1 atom stereocenters. The second-order valence-corrected chi connectivity index (χ2v) is 5.42. The molecule has 7 nitrogen and oxygen atoms in total. The summed E-state index contributed by atoms with van der Waals surface area (Å²) in [5, 5.41) is 16.8. The van der Waals surface area contributed by atoms with Crippen molar-refractivity contribution < 1.29 is 14.7 Å². The van der Waals surface area contributed by atoms with Gasteiger partial charge in [-0.2, -0.15) is 0 Å². The normalized spacial score (nSPS) is 12.5. The molecule has 1 N–H and O–H groups in total. The average Bonchev–Trinajstić information content (AvgIpc) is 2.82. The van der Waals surface area contributed by atoms with Gasteiger partial charge < -0.3 is 10.0 Å². The Morgan fingerprint density at radius 3 is 2.24 bits per heavy atom. The summed E-state index contributed by atoms with van der Waals surface area (Å²) in [6.07, 6.45) is 0.518. The van der Waals surface area contributed by atoms with Crippen molar-refractivity contribution in [3.05, 3.63) is 11.4 Å². The highest BCUT2D eigenvalue weighted by Crippen LogP contribution is 2.18. The minimum absolute atomic E-state index is 0.0668. The van der Waals surface area contributed by atoms with Gasteiger partial charge in [-0.15, -0.1) is 5.10 Å². The first-order valence-electron chi connectivity index (χ1n) is 7.29. The van der Waals surface area contributed by atoms with Crippen LogP contribution >= 0.6 is 0 Å². The lowest BCUT2D eigenvalue weighted by atomic mass is 10.1. The Kier molecular flexibility index (Phi) is 5.87. The van der Waals surface area contributed by atoms with Crippen LogP contribution in [0.4, 0.5) is 0 Å². The number of hydrogen-bond acceptors (Lipinski definition) is 4. The molecular weight excluding hydrogens is 272 g/mol. The number of rotatable bonds is 7. The van der Waals surface area contributed by atoms with Crippen molar-refractivity contribution in [3.8, 4) is 0 Å². The van der Waals surface area contributed by atoms with Gasteiger partial charge in [-0.3, -0.25) is 4.79 Å². The monoisotopic (exact) mass is 296 g/mol. The number of amides is 1. The molecule has 1 unspecified atom stereocenters. The van der Waals surface area contributed by atoms with Crippen molar-refractivity contribution in [1.29, 1.82) is 0 Å². The highest BCUT2D eigenvalue weighted by molar-refractivity contribution is 5.87. The molecule has 1 aromatic heterocycles. The molecule has 0 aromatic carbocycles. The van der Waals surface area contributed by atoms with Gasteiger partial charge in [-0.1, -0.05) is 19.1 Å². The van der Waals surface area contributed by atoms with Gasteiger partial charge in [0.05, 0.1) is 5.69 Å². The van der Waals surface area contributed by atoms with Crippen molar-refractivity contribution in [1.82, 2.24) is 19.9 Å². The number of aromatic carboxylic acids is 1. The molecule has 0 aliphatic carbocycles. The Morgan fingerprint density at radius 1 is 1.24 bits per heavy atom. The van der Waals surface area contributed by atoms with E-state index >= 15 is 0 Å². The Balaban J connectivity index is 3.17. The molecule has 1 heterocycles. The van der Waals surface area contributed by atoms with E-state index in [0.717, 1.165) is 0 Å². The molecule has 0 bridgehead atoms. The largest absolute Gasteiger partial charge is 0.476 e. The summed E-state index contributed by atoms with van der Waals surface area (Å²) in [6.45, 7) is 10.7. The van der Waals surface area contributed by atoms with E-state index in [9.17, 15) is 14.7 Å². The van der Waals surface area contributed by atoms with E-state index in [1.54, 1.807) is 11.8 Å². The van der Waals surface area contributed by atoms with E-state index in [2.05, 4.69) is 10.3 Å². The first kappa shape index (κ1) is 17.1. The Labute approximate surface area is 124 Å². The van der Waals surface area contributed by atoms with Crippen LogP contribution in [0, 0.1) is 5.92 Å². The highest BCUT2D eigenvalue weighted by Gasteiger charge is 2.27. The number of carboxylic acids is 1. The molecule has 0 saturated carbocycles. The minimum Gasteiger partial charge on any atom is -0.476 e. The zero-order valence-electron chi connectivity index (χ0n) is 13.3. The predicted molar refractivity (Wildman–Crippen MR) is 78.2 cm³/mol. The summed E-state index contributed by atoms with van der Waals surface area (Å²) in [6, 6.07) is -0.556. The van der Waals surface area contributed by atoms with Crippen molar-refractivity contribution >= 4 is 11.9 Å². The molecule has 0 aliphatic rings. The lowest BCUT2D eigenvalue weighted by Gasteiger charge is -2.24. The van der Waals surface area contributed by atoms with Crippen LogP contribution in [0.25, 0.3) is 0 Å². The summed E-state index contributed by atoms with van der Waals surface area (Å²) < 4.78 is 1.45. The molecule has 0 radical (unpaired) electrons. The van der Waals surface area contributed by atoms with Crippen LogP contribution in [-0.4, -0.2) is 50.0 Å². The van der Waals surface area contributed by atoms with E-state index in [1.165, 1.54) is 4.68 Å². The molecule has 0 aliphatic heterocycles. The van der Waals surface area contributed by atoms with E-state index in [1.807, 2.05) is 27.7 Å². The summed E-state index contributed by atoms with van der Waals surface area (Å²) in [5.74, 6) is -0.942. The van der Waals surface area contributed by atoms with Crippen LogP contribution in [0.5, 0.6) is 0 Å². The molecule has 118 valence electrons. The SMILES string of the molecule is CCN(CC)C(=O)C(C)n1nnc(C(=O)O)c1CC(C)C. The van der Waals surface area contributed by atoms with Gasteiger partial charge >= 0.3 is 5.97 Å². The molecule has 0 saturated heterocycles. The minimum atomic E-state index is -1.11. The van der Waals surface area contributed by atoms with Crippen LogP contribution < -0.4 is 0 Å². The third-order valence-electron chi connectivity index (χ3n) is 3.39. The average molecular weight is 296 g/mol. The van der Waals surface area contributed by atoms with Crippen LogP contribution in [-0.2, 0) is 11.2 Å². The van der Waals surface area contributed by atoms with Gasteiger partial charge in [0.1, 0.15) is 6.04 Å². The number of carbonyl (C=O) groups excluding carboxylic acids is 1. The van der Waals surface area contributed by atoms with Crippen LogP contribution in [0.1, 0.15) is 56.8 Å². The summed E-state index contributed by atoms with van der Waals surface area (Å²) in [7, 11) is 0. The van der Waals surface area contributed by atoms with Gasteiger partial charge in [-0.25, -0.2) is 9.48 Å². The first-order valence-corrected chi connectivity index (χ1v) is 7.29. The highest BCUT2D eigenvalue weighted by atomic mass is 16.4. The molecule has 1 amide bonds. The van der Waals surface area contributed by atoms with E-state index in [0.29, 0.717) is 25.2 Å². The summed E-state index contributed by atoms with van der Waals surface area (Å²) >= 11 is 0. The van der Waals surface area contributed by atoms with E-state index < -0.39 is 12.0 Å². The van der Waals surface area contributed by atoms with Crippen molar-refractivity contribution in [2.24, 2.45) is 5.92 Å². The third kappa shape index (κ3) is 3.80. The quantitative estimate of drug-likeness (QED) is 0.825. The van der Waals surface area contributed by atoms with Gasteiger partial charge in [0, 0.05) is 13.1 Å². The second-order valence-electron chi connectivity index (χ2n) is 5.42. The molecule has 7 heteroatoms. The standard InChI is InChI=1S/C14H24N4O3/c1-6-17(7-2)13(19)10(5)18-11(8-9(3)4)12(14(20)21)15-16-18/h9-10H,6-8H2,1-5H3,(H,20,21). The maximum Gasteiger partial charge on any atom is 0.358 e. The molecule has 21 heavy (non-hydrogen) atoms. The Bertz CT molecular complexity index is 506. The summed E-state index contributed by atoms with van der Waals surface area (Å²) in [5.41, 5.74) is 0.438. The molecule has 1 rings (SSSR count). The van der Waals surface area contributed by atoms with Gasteiger partial charge in [0.2, 0.25) is 5.91 Å².